The monoisotopic (exact) mass is 551 g/mol. The van der Waals surface area contributed by atoms with Gasteiger partial charge in [-0.05, 0) is 49.4 Å². The van der Waals surface area contributed by atoms with Gasteiger partial charge in [-0.1, -0.05) is 30.3 Å². The van der Waals surface area contributed by atoms with Crippen LogP contribution >= 0.6 is 0 Å². The first-order chi connectivity index (χ1) is 20.1. The SMILES string of the molecule is CN(Cc1ccccc1)c1cc(-c2cn(C3CCOCC3)c3ncccc23)nn2c(C(=O)NC3CC[C@H]3O)cnc12. The molecule has 5 aromatic rings. The van der Waals surface area contributed by atoms with E-state index in [1.807, 2.05) is 37.5 Å². The lowest BCUT2D eigenvalue weighted by Crippen LogP contribution is -2.50. The number of fused-ring (bicyclic) bond motifs is 2. The van der Waals surface area contributed by atoms with Crippen molar-refractivity contribution in [3.05, 3.63) is 78.4 Å². The zero-order valence-corrected chi connectivity index (χ0v) is 23.0. The molecule has 2 N–H and O–H groups in total. The maximum Gasteiger partial charge on any atom is 0.271 e. The van der Waals surface area contributed by atoms with Crippen molar-refractivity contribution in [1.82, 2.24) is 29.5 Å². The van der Waals surface area contributed by atoms with E-state index >= 15 is 0 Å². The number of nitrogens with zero attached hydrogens (tertiary/aromatic N) is 6. The molecular weight excluding hydrogens is 518 g/mol. The fourth-order valence-electron chi connectivity index (χ4n) is 5.88. The van der Waals surface area contributed by atoms with Gasteiger partial charge in [-0.2, -0.15) is 5.10 Å². The molecule has 0 radical (unpaired) electrons. The van der Waals surface area contributed by atoms with Gasteiger partial charge in [0, 0.05) is 56.2 Å². The standard InChI is InChI=1S/C31H33N7O3/c1-36(18-20-6-3-2-4-7-20)26-16-25(35-38-27(17-33-30(26)38)31(40)34-24-9-10-28(24)39)23-19-37(21-11-14-41-15-12-21)29-22(23)8-5-13-32-29/h2-8,13,16-17,19,21,24,28,39H,9-12,14-15,18H2,1H3,(H,34,40)/t24?,28-/m1/s1. The summed E-state index contributed by atoms with van der Waals surface area (Å²) in [6.45, 7) is 2.12. The van der Waals surface area contributed by atoms with E-state index in [2.05, 4.69) is 50.2 Å². The molecule has 41 heavy (non-hydrogen) atoms. The van der Waals surface area contributed by atoms with Crippen LogP contribution in [0.1, 0.15) is 47.8 Å². The van der Waals surface area contributed by atoms with Crippen LogP contribution in [0, 0.1) is 0 Å². The highest BCUT2D eigenvalue weighted by Crippen LogP contribution is 2.36. The first-order valence-electron chi connectivity index (χ1n) is 14.2. The number of nitrogens with one attached hydrogen (secondary N) is 1. The Kier molecular flexibility index (Phi) is 6.64. The third kappa shape index (κ3) is 4.72. The lowest BCUT2D eigenvalue weighted by molar-refractivity contribution is 0.0445. The molecule has 210 valence electrons. The van der Waals surface area contributed by atoms with Gasteiger partial charge < -0.3 is 24.6 Å². The van der Waals surface area contributed by atoms with E-state index in [0.717, 1.165) is 66.0 Å². The molecule has 10 nitrogen and oxygen atoms in total. The van der Waals surface area contributed by atoms with Crippen LogP contribution in [0.15, 0.2) is 67.1 Å². The summed E-state index contributed by atoms with van der Waals surface area (Å²) in [7, 11) is 2.03. The van der Waals surface area contributed by atoms with Gasteiger partial charge in [0.05, 0.1) is 29.7 Å². The number of carbonyl (C=O) groups is 1. The third-order valence-electron chi connectivity index (χ3n) is 8.36. The second kappa shape index (κ2) is 10.6. The number of hydrogen-bond donors (Lipinski definition) is 2. The number of hydrogen-bond acceptors (Lipinski definition) is 7. The molecule has 1 unspecified atom stereocenters. The van der Waals surface area contributed by atoms with Crippen LogP contribution in [-0.2, 0) is 11.3 Å². The summed E-state index contributed by atoms with van der Waals surface area (Å²) in [6, 6.07) is 16.4. The summed E-state index contributed by atoms with van der Waals surface area (Å²) in [5.41, 5.74) is 5.54. The molecule has 1 saturated heterocycles. The normalized spacial score (nSPS) is 19.4. The fourth-order valence-corrected chi connectivity index (χ4v) is 5.88. The highest BCUT2D eigenvalue weighted by atomic mass is 16.5. The number of aromatic nitrogens is 5. The number of aliphatic hydroxyl groups is 1. The zero-order valence-electron chi connectivity index (χ0n) is 23.0. The number of aliphatic hydroxyl groups excluding tert-OH is 1. The highest BCUT2D eigenvalue weighted by Gasteiger charge is 2.31. The van der Waals surface area contributed by atoms with E-state index in [-0.39, 0.29) is 11.9 Å². The molecule has 7 rings (SSSR count). The van der Waals surface area contributed by atoms with E-state index < -0.39 is 6.10 Å². The van der Waals surface area contributed by atoms with Crippen molar-refractivity contribution < 1.29 is 14.6 Å². The summed E-state index contributed by atoms with van der Waals surface area (Å²) in [6.07, 6.45) is 8.32. The van der Waals surface area contributed by atoms with Gasteiger partial charge in [-0.15, -0.1) is 0 Å². The second-order valence-electron chi connectivity index (χ2n) is 11.0. The maximum absolute atomic E-state index is 13.3. The van der Waals surface area contributed by atoms with Crippen LogP contribution in [0.4, 0.5) is 5.69 Å². The number of carbonyl (C=O) groups excluding carboxylic acids is 1. The van der Waals surface area contributed by atoms with Crippen molar-refractivity contribution >= 4 is 28.3 Å². The van der Waals surface area contributed by atoms with Gasteiger partial charge in [-0.3, -0.25) is 4.79 Å². The number of anilines is 1. The third-order valence-corrected chi connectivity index (χ3v) is 8.36. The molecule has 2 aliphatic rings. The van der Waals surface area contributed by atoms with E-state index in [1.165, 1.54) is 0 Å². The summed E-state index contributed by atoms with van der Waals surface area (Å²) >= 11 is 0. The Hall–Kier alpha value is -4.28. The van der Waals surface area contributed by atoms with Crippen molar-refractivity contribution in [2.75, 3.05) is 25.2 Å². The van der Waals surface area contributed by atoms with Gasteiger partial charge in [0.15, 0.2) is 11.3 Å². The molecule has 1 saturated carbocycles. The molecule has 4 aromatic heterocycles. The first kappa shape index (κ1) is 25.7. The quantitative estimate of drug-likeness (QED) is 0.315. The van der Waals surface area contributed by atoms with Gasteiger partial charge in [0.1, 0.15) is 5.65 Å². The molecule has 2 atom stereocenters. The summed E-state index contributed by atoms with van der Waals surface area (Å²) < 4.78 is 9.52. The summed E-state index contributed by atoms with van der Waals surface area (Å²) in [4.78, 5) is 24.9. The molecule has 2 fully saturated rings. The largest absolute Gasteiger partial charge is 0.391 e. The topological polar surface area (TPSA) is 110 Å². The molecule has 5 heterocycles. The summed E-state index contributed by atoms with van der Waals surface area (Å²) in [5.74, 6) is -0.297. The Morgan fingerprint density at radius 2 is 1.90 bits per heavy atom. The maximum atomic E-state index is 13.3. The Balaban J connectivity index is 1.36. The predicted molar refractivity (Wildman–Crippen MR) is 156 cm³/mol. The van der Waals surface area contributed by atoms with Crippen molar-refractivity contribution in [1.29, 1.82) is 0 Å². The molecule has 1 aliphatic heterocycles. The second-order valence-corrected chi connectivity index (χ2v) is 11.0. The van der Waals surface area contributed by atoms with Gasteiger partial charge >= 0.3 is 0 Å². The van der Waals surface area contributed by atoms with Crippen LogP contribution in [0.25, 0.3) is 27.9 Å². The minimum Gasteiger partial charge on any atom is -0.391 e. The average Bonchev–Trinajstić information content (AvgIpc) is 3.62. The van der Waals surface area contributed by atoms with Crippen LogP contribution < -0.4 is 10.2 Å². The van der Waals surface area contributed by atoms with Crippen molar-refractivity contribution in [3.63, 3.8) is 0 Å². The molecule has 1 aromatic carbocycles. The molecule has 0 spiro atoms. The Morgan fingerprint density at radius 3 is 2.66 bits per heavy atom. The number of imidazole rings is 1. The Bertz CT molecular complexity index is 1710. The number of pyridine rings is 1. The van der Waals surface area contributed by atoms with Gasteiger partial charge in [0.2, 0.25) is 0 Å². The molecule has 1 aliphatic carbocycles. The van der Waals surface area contributed by atoms with Crippen molar-refractivity contribution in [2.24, 2.45) is 0 Å². The Morgan fingerprint density at radius 1 is 1.07 bits per heavy atom. The molecule has 0 bridgehead atoms. The molecular formula is C31H33N7O3. The summed E-state index contributed by atoms with van der Waals surface area (Å²) in [5, 5.41) is 19.0. The van der Waals surface area contributed by atoms with Crippen LogP contribution in [-0.4, -0.2) is 67.6 Å². The zero-order chi connectivity index (χ0) is 27.9. The van der Waals surface area contributed by atoms with E-state index in [4.69, 9.17) is 14.8 Å². The smallest absolute Gasteiger partial charge is 0.271 e. The number of ether oxygens (including phenoxy) is 1. The van der Waals surface area contributed by atoms with Crippen LogP contribution in [0.2, 0.25) is 0 Å². The van der Waals surface area contributed by atoms with Gasteiger partial charge in [-0.25, -0.2) is 14.5 Å². The minimum atomic E-state index is -0.516. The van der Waals surface area contributed by atoms with Crippen LogP contribution in [0.5, 0.6) is 0 Å². The van der Waals surface area contributed by atoms with Gasteiger partial charge in [0.25, 0.3) is 5.91 Å². The van der Waals surface area contributed by atoms with E-state index in [9.17, 15) is 9.90 Å². The van der Waals surface area contributed by atoms with Crippen molar-refractivity contribution in [3.8, 4) is 11.3 Å². The fraction of sp³-hybridized carbons (Fsp3) is 0.355. The Labute approximate surface area is 237 Å². The van der Waals surface area contributed by atoms with E-state index in [1.54, 1.807) is 10.7 Å². The highest BCUT2D eigenvalue weighted by molar-refractivity contribution is 5.96. The van der Waals surface area contributed by atoms with E-state index in [0.29, 0.717) is 30.3 Å². The number of rotatable bonds is 7. The minimum absolute atomic E-state index is 0.250. The molecule has 10 heteroatoms. The molecule has 1 amide bonds. The van der Waals surface area contributed by atoms with Crippen molar-refractivity contribution in [2.45, 2.75) is 50.4 Å². The van der Waals surface area contributed by atoms with Crippen LogP contribution in [0.3, 0.4) is 0 Å². The lowest BCUT2D eigenvalue weighted by Gasteiger charge is -2.32. The average molecular weight is 552 g/mol. The number of benzene rings is 1. The lowest BCUT2D eigenvalue weighted by atomic mass is 9.89. The predicted octanol–water partition coefficient (Wildman–Crippen LogP) is 3.99. The number of amides is 1. The first-order valence-corrected chi connectivity index (χ1v) is 14.2.